The Morgan fingerprint density at radius 3 is 2.75 bits per heavy atom. The van der Waals surface area contributed by atoms with E-state index in [0.717, 1.165) is 4.88 Å². The summed E-state index contributed by atoms with van der Waals surface area (Å²) in [5.74, 6) is -1.24. The molecule has 0 aromatic carbocycles. The van der Waals surface area contributed by atoms with Crippen molar-refractivity contribution in [2.75, 3.05) is 5.32 Å². The van der Waals surface area contributed by atoms with Crippen LogP contribution >= 0.6 is 11.3 Å². The molecule has 1 aromatic rings. The van der Waals surface area contributed by atoms with Crippen LogP contribution in [0.25, 0.3) is 0 Å². The van der Waals surface area contributed by atoms with Crippen molar-refractivity contribution >= 4 is 28.3 Å². The summed E-state index contributed by atoms with van der Waals surface area (Å²) in [5.41, 5.74) is 0. The fourth-order valence-corrected chi connectivity index (χ4v) is 1.95. The van der Waals surface area contributed by atoms with Crippen molar-refractivity contribution in [2.24, 2.45) is 5.92 Å². The van der Waals surface area contributed by atoms with Gasteiger partial charge in [-0.25, -0.2) is 4.98 Å². The average molecular weight is 242 g/mol. The highest BCUT2D eigenvalue weighted by Crippen LogP contribution is 2.17. The first-order valence-electron chi connectivity index (χ1n) is 4.91. The Balaban J connectivity index is 2.38. The number of anilines is 1. The van der Waals surface area contributed by atoms with Gasteiger partial charge >= 0.3 is 5.97 Å². The summed E-state index contributed by atoms with van der Waals surface area (Å²) in [4.78, 5) is 26.9. The normalized spacial score (nSPS) is 12.1. The molecule has 0 aliphatic carbocycles. The summed E-state index contributed by atoms with van der Waals surface area (Å²) in [6.07, 6.45) is 1.89. The second-order valence-corrected chi connectivity index (χ2v) is 4.97. The van der Waals surface area contributed by atoms with Crippen molar-refractivity contribution in [1.82, 2.24) is 4.98 Å². The third kappa shape index (κ3) is 4.39. The van der Waals surface area contributed by atoms with Gasteiger partial charge in [0.25, 0.3) is 0 Å². The Labute approximate surface area is 97.5 Å². The smallest absolute Gasteiger partial charge is 0.303 e. The van der Waals surface area contributed by atoms with Crippen LogP contribution < -0.4 is 5.32 Å². The van der Waals surface area contributed by atoms with Gasteiger partial charge in [0, 0.05) is 23.9 Å². The van der Waals surface area contributed by atoms with Crippen LogP contribution in [0.3, 0.4) is 0 Å². The number of aromatic nitrogens is 1. The summed E-state index contributed by atoms with van der Waals surface area (Å²) in [6, 6.07) is 0. The van der Waals surface area contributed by atoms with E-state index in [1.54, 1.807) is 13.1 Å². The second-order valence-electron chi connectivity index (χ2n) is 3.73. The van der Waals surface area contributed by atoms with Crippen LogP contribution in [0.1, 0.15) is 24.6 Å². The molecule has 1 atom stereocenters. The third-order valence-electron chi connectivity index (χ3n) is 1.92. The van der Waals surface area contributed by atoms with Crippen LogP contribution in [-0.4, -0.2) is 22.0 Å². The van der Waals surface area contributed by atoms with Gasteiger partial charge in [0.2, 0.25) is 5.91 Å². The molecule has 0 aliphatic rings. The molecule has 2 N–H and O–H groups in total. The first kappa shape index (κ1) is 12.6. The van der Waals surface area contributed by atoms with E-state index in [4.69, 9.17) is 5.11 Å². The van der Waals surface area contributed by atoms with Crippen LogP contribution in [0, 0.1) is 12.8 Å². The van der Waals surface area contributed by atoms with Gasteiger partial charge in [0.15, 0.2) is 5.13 Å². The Morgan fingerprint density at radius 1 is 1.56 bits per heavy atom. The molecule has 6 heteroatoms. The summed E-state index contributed by atoms with van der Waals surface area (Å²) in [6.45, 7) is 3.64. The third-order valence-corrected chi connectivity index (χ3v) is 2.75. The second kappa shape index (κ2) is 5.60. The van der Waals surface area contributed by atoms with Crippen molar-refractivity contribution in [3.63, 3.8) is 0 Å². The van der Waals surface area contributed by atoms with Gasteiger partial charge in [-0.05, 0) is 12.8 Å². The molecule has 1 heterocycles. The zero-order valence-electron chi connectivity index (χ0n) is 9.19. The molecule has 1 aromatic heterocycles. The highest BCUT2D eigenvalue weighted by Gasteiger charge is 2.13. The number of nitrogens with one attached hydrogen (secondary N) is 1. The number of carboxylic acids is 1. The standard InChI is InChI=1S/C10H14N2O3S/c1-6(4-9(14)15)3-8(13)12-10-11-5-7(2)16-10/h5-6H,3-4H2,1-2H3,(H,14,15)(H,11,12,13)/t6-/m0/s1. The number of carbonyl (C=O) groups excluding carboxylic acids is 1. The van der Waals surface area contributed by atoms with Crippen LogP contribution in [0.15, 0.2) is 6.20 Å². The number of hydrogen-bond donors (Lipinski definition) is 2. The predicted octanol–water partition coefficient (Wildman–Crippen LogP) is 1.89. The molecule has 0 aliphatic heterocycles. The Kier molecular flexibility index (Phi) is 4.42. The van der Waals surface area contributed by atoms with E-state index in [1.165, 1.54) is 11.3 Å². The zero-order chi connectivity index (χ0) is 12.1. The maximum absolute atomic E-state index is 11.5. The molecule has 88 valence electrons. The van der Waals surface area contributed by atoms with Crippen LogP contribution in [-0.2, 0) is 9.59 Å². The number of rotatable bonds is 5. The zero-order valence-corrected chi connectivity index (χ0v) is 10.0. The summed E-state index contributed by atoms with van der Waals surface area (Å²) >= 11 is 1.40. The fourth-order valence-electron chi connectivity index (χ4n) is 1.27. The number of aryl methyl sites for hydroxylation is 1. The van der Waals surface area contributed by atoms with Crippen molar-refractivity contribution in [2.45, 2.75) is 26.7 Å². The highest BCUT2D eigenvalue weighted by molar-refractivity contribution is 7.15. The van der Waals surface area contributed by atoms with Crippen molar-refractivity contribution < 1.29 is 14.7 Å². The lowest BCUT2D eigenvalue weighted by Crippen LogP contribution is -2.16. The van der Waals surface area contributed by atoms with Gasteiger partial charge in [-0.2, -0.15) is 0 Å². The number of carboxylic acid groups (broad SMARTS) is 1. The first-order valence-corrected chi connectivity index (χ1v) is 5.73. The van der Waals surface area contributed by atoms with Crippen LogP contribution in [0.5, 0.6) is 0 Å². The Morgan fingerprint density at radius 2 is 2.25 bits per heavy atom. The minimum atomic E-state index is -0.884. The van der Waals surface area contributed by atoms with E-state index in [0.29, 0.717) is 5.13 Å². The lowest BCUT2D eigenvalue weighted by atomic mass is 10.0. The molecule has 1 rings (SSSR count). The molecular weight excluding hydrogens is 228 g/mol. The van der Waals surface area contributed by atoms with E-state index in [1.807, 2.05) is 6.92 Å². The first-order chi connectivity index (χ1) is 7.47. The van der Waals surface area contributed by atoms with E-state index in [2.05, 4.69) is 10.3 Å². The molecule has 0 saturated heterocycles. The number of aliphatic carboxylic acids is 1. The van der Waals surface area contributed by atoms with Gasteiger partial charge in [-0.3, -0.25) is 9.59 Å². The Bertz CT molecular complexity index is 389. The number of nitrogens with zero attached hydrogens (tertiary/aromatic N) is 1. The maximum Gasteiger partial charge on any atom is 0.303 e. The Hall–Kier alpha value is -1.43. The molecule has 16 heavy (non-hydrogen) atoms. The van der Waals surface area contributed by atoms with Crippen LogP contribution in [0.4, 0.5) is 5.13 Å². The fraction of sp³-hybridized carbons (Fsp3) is 0.500. The minimum absolute atomic E-state index is 0.00428. The number of amides is 1. The lowest BCUT2D eigenvalue weighted by Gasteiger charge is -2.07. The van der Waals surface area contributed by atoms with Gasteiger partial charge in [-0.15, -0.1) is 11.3 Å². The van der Waals surface area contributed by atoms with Gasteiger partial charge < -0.3 is 10.4 Å². The van der Waals surface area contributed by atoms with E-state index < -0.39 is 5.97 Å². The predicted molar refractivity (Wildman–Crippen MR) is 61.5 cm³/mol. The molecule has 5 nitrogen and oxygen atoms in total. The number of carbonyl (C=O) groups is 2. The molecule has 0 saturated carbocycles. The molecule has 0 radical (unpaired) electrons. The van der Waals surface area contributed by atoms with E-state index in [9.17, 15) is 9.59 Å². The highest BCUT2D eigenvalue weighted by atomic mass is 32.1. The summed E-state index contributed by atoms with van der Waals surface area (Å²) < 4.78 is 0. The monoisotopic (exact) mass is 242 g/mol. The molecule has 0 unspecified atom stereocenters. The molecule has 0 bridgehead atoms. The average Bonchev–Trinajstić information content (AvgIpc) is 2.48. The minimum Gasteiger partial charge on any atom is -0.481 e. The van der Waals surface area contributed by atoms with Gasteiger partial charge in [0.1, 0.15) is 0 Å². The van der Waals surface area contributed by atoms with E-state index in [-0.39, 0.29) is 24.7 Å². The van der Waals surface area contributed by atoms with Crippen LogP contribution in [0.2, 0.25) is 0 Å². The summed E-state index contributed by atoms with van der Waals surface area (Å²) in [7, 11) is 0. The molecule has 1 amide bonds. The SMILES string of the molecule is Cc1cnc(NC(=O)C[C@H](C)CC(=O)O)s1. The van der Waals surface area contributed by atoms with Crippen molar-refractivity contribution in [3.05, 3.63) is 11.1 Å². The van der Waals surface area contributed by atoms with Gasteiger partial charge in [0.05, 0.1) is 0 Å². The van der Waals surface area contributed by atoms with Crippen molar-refractivity contribution in [3.8, 4) is 0 Å². The molecule has 0 spiro atoms. The lowest BCUT2D eigenvalue weighted by molar-refractivity contribution is -0.138. The van der Waals surface area contributed by atoms with E-state index >= 15 is 0 Å². The van der Waals surface area contributed by atoms with Gasteiger partial charge in [-0.1, -0.05) is 6.92 Å². The molecular formula is C10H14N2O3S. The quantitative estimate of drug-likeness (QED) is 0.826. The maximum atomic E-state index is 11.5. The number of hydrogen-bond acceptors (Lipinski definition) is 4. The topological polar surface area (TPSA) is 79.3 Å². The summed E-state index contributed by atoms with van der Waals surface area (Å²) in [5, 5.41) is 11.8. The largest absolute Gasteiger partial charge is 0.481 e. The molecule has 0 fully saturated rings. The number of thiazole rings is 1. The van der Waals surface area contributed by atoms with Crippen molar-refractivity contribution in [1.29, 1.82) is 0 Å².